The Hall–Kier alpha value is -0.280. The molecule has 0 aromatic rings. The number of carbonyl (C=O) groups is 1. The molecule has 1 atom stereocenters. The first-order chi connectivity index (χ1) is 9.34. The molecule has 0 spiro atoms. The normalized spacial score (nSPS) is 17.1. The number of carbonyl (C=O) groups excluding carboxylic acids is 1. The molecular weight excluding hydrogens is 272 g/mol. The van der Waals surface area contributed by atoms with Gasteiger partial charge in [0.05, 0.1) is 6.04 Å². The molecule has 1 heterocycles. The third kappa shape index (κ3) is 9.60. The fraction of sp³-hybridized carbons (Fsp3) is 0.938. The van der Waals surface area contributed by atoms with Crippen LogP contribution in [-0.2, 0) is 4.79 Å². The minimum Gasteiger partial charge on any atom is -0.355 e. The molecule has 4 heteroatoms. The van der Waals surface area contributed by atoms with E-state index in [1.54, 1.807) is 0 Å². The largest absolute Gasteiger partial charge is 0.355 e. The van der Waals surface area contributed by atoms with Crippen molar-refractivity contribution in [2.24, 2.45) is 0 Å². The van der Waals surface area contributed by atoms with Crippen LogP contribution in [0.15, 0.2) is 0 Å². The van der Waals surface area contributed by atoms with Gasteiger partial charge >= 0.3 is 0 Å². The van der Waals surface area contributed by atoms with Crippen molar-refractivity contribution in [1.82, 2.24) is 10.6 Å². The zero-order chi connectivity index (χ0) is 13.8. The number of hydrogen-bond acceptors (Lipinski definition) is 2. The number of unbranched alkanes of at least 4 members (excludes halogenated alkanes) is 9. The highest BCUT2D eigenvalue weighted by molar-refractivity contribution is 5.85. The van der Waals surface area contributed by atoms with Gasteiger partial charge in [-0.15, -0.1) is 12.4 Å². The molecule has 1 rings (SSSR count). The summed E-state index contributed by atoms with van der Waals surface area (Å²) in [6.45, 7) is 4.11. The molecule has 1 amide bonds. The van der Waals surface area contributed by atoms with Crippen LogP contribution in [0.1, 0.15) is 77.6 Å². The van der Waals surface area contributed by atoms with Crippen LogP contribution >= 0.6 is 12.4 Å². The van der Waals surface area contributed by atoms with Gasteiger partial charge in [-0.05, 0) is 19.4 Å². The van der Waals surface area contributed by atoms with Crippen LogP contribution in [0.2, 0.25) is 0 Å². The average Bonchev–Trinajstić information content (AvgIpc) is 2.34. The Morgan fingerprint density at radius 3 is 1.95 bits per heavy atom. The summed E-state index contributed by atoms with van der Waals surface area (Å²) in [4.78, 5) is 11.5. The SMILES string of the molecule is CCCCCCCCCCCCNC(=O)[C@@H]1CCN1.Cl. The van der Waals surface area contributed by atoms with E-state index in [1.807, 2.05) is 0 Å². The van der Waals surface area contributed by atoms with Crippen molar-refractivity contribution in [2.45, 2.75) is 83.6 Å². The molecule has 0 saturated carbocycles. The van der Waals surface area contributed by atoms with Gasteiger partial charge in [0.1, 0.15) is 0 Å². The first-order valence-corrected chi connectivity index (χ1v) is 8.35. The lowest BCUT2D eigenvalue weighted by atomic mass is 10.1. The highest BCUT2D eigenvalue weighted by Crippen LogP contribution is 2.10. The van der Waals surface area contributed by atoms with E-state index in [9.17, 15) is 4.79 Å². The fourth-order valence-electron chi connectivity index (χ4n) is 2.46. The molecule has 1 aliphatic rings. The van der Waals surface area contributed by atoms with Crippen molar-refractivity contribution < 1.29 is 4.79 Å². The zero-order valence-corrected chi connectivity index (χ0v) is 13.9. The maximum atomic E-state index is 11.5. The molecule has 0 aliphatic carbocycles. The minimum atomic E-state index is 0. The van der Waals surface area contributed by atoms with E-state index in [-0.39, 0.29) is 24.4 Å². The average molecular weight is 305 g/mol. The van der Waals surface area contributed by atoms with E-state index in [4.69, 9.17) is 0 Å². The molecule has 0 unspecified atom stereocenters. The molecule has 1 saturated heterocycles. The van der Waals surface area contributed by atoms with Crippen LogP contribution in [-0.4, -0.2) is 25.0 Å². The van der Waals surface area contributed by atoms with Crippen molar-refractivity contribution >= 4 is 18.3 Å². The number of amides is 1. The van der Waals surface area contributed by atoms with Crippen LogP contribution in [0, 0.1) is 0 Å². The van der Waals surface area contributed by atoms with Crippen LogP contribution in [0.25, 0.3) is 0 Å². The van der Waals surface area contributed by atoms with Crippen LogP contribution in [0.4, 0.5) is 0 Å². The maximum Gasteiger partial charge on any atom is 0.237 e. The first kappa shape index (κ1) is 19.7. The first-order valence-electron chi connectivity index (χ1n) is 8.35. The fourth-order valence-corrected chi connectivity index (χ4v) is 2.46. The summed E-state index contributed by atoms with van der Waals surface area (Å²) in [5.41, 5.74) is 0. The van der Waals surface area contributed by atoms with Gasteiger partial charge in [-0.3, -0.25) is 4.79 Å². The van der Waals surface area contributed by atoms with Crippen LogP contribution in [0.5, 0.6) is 0 Å². The second kappa shape index (κ2) is 13.7. The van der Waals surface area contributed by atoms with Gasteiger partial charge in [-0.1, -0.05) is 64.7 Å². The van der Waals surface area contributed by atoms with Crippen molar-refractivity contribution in [2.75, 3.05) is 13.1 Å². The summed E-state index contributed by atoms with van der Waals surface area (Å²) in [6, 6.07) is 0.100. The lowest BCUT2D eigenvalue weighted by Gasteiger charge is -2.26. The van der Waals surface area contributed by atoms with E-state index < -0.39 is 0 Å². The molecule has 0 radical (unpaired) electrons. The monoisotopic (exact) mass is 304 g/mol. The summed E-state index contributed by atoms with van der Waals surface area (Å²) in [6.07, 6.45) is 14.4. The summed E-state index contributed by atoms with van der Waals surface area (Å²) in [7, 11) is 0. The van der Waals surface area contributed by atoms with Gasteiger partial charge in [0, 0.05) is 6.54 Å². The highest BCUT2D eigenvalue weighted by Gasteiger charge is 2.23. The summed E-state index contributed by atoms with van der Waals surface area (Å²) < 4.78 is 0. The molecule has 1 fully saturated rings. The summed E-state index contributed by atoms with van der Waals surface area (Å²) >= 11 is 0. The third-order valence-electron chi connectivity index (χ3n) is 3.97. The number of nitrogens with one attached hydrogen (secondary N) is 2. The molecule has 3 nitrogen and oxygen atoms in total. The lowest BCUT2D eigenvalue weighted by Crippen LogP contribution is -2.53. The van der Waals surface area contributed by atoms with E-state index in [2.05, 4.69) is 17.6 Å². The number of hydrogen-bond donors (Lipinski definition) is 2. The Labute approximate surface area is 131 Å². The van der Waals surface area contributed by atoms with Crippen molar-refractivity contribution in [3.8, 4) is 0 Å². The molecule has 20 heavy (non-hydrogen) atoms. The molecule has 2 N–H and O–H groups in total. The Balaban J connectivity index is 0.00000361. The lowest BCUT2D eigenvalue weighted by molar-refractivity contribution is -0.124. The zero-order valence-electron chi connectivity index (χ0n) is 13.1. The Kier molecular flexibility index (Phi) is 13.5. The van der Waals surface area contributed by atoms with E-state index in [0.717, 1.165) is 25.9 Å². The van der Waals surface area contributed by atoms with Gasteiger partial charge in [0.15, 0.2) is 0 Å². The van der Waals surface area contributed by atoms with E-state index >= 15 is 0 Å². The summed E-state index contributed by atoms with van der Waals surface area (Å²) in [5.74, 6) is 0.196. The van der Waals surface area contributed by atoms with Gasteiger partial charge in [-0.2, -0.15) is 0 Å². The van der Waals surface area contributed by atoms with Crippen molar-refractivity contribution in [3.63, 3.8) is 0 Å². The second-order valence-electron chi connectivity index (χ2n) is 5.77. The van der Waals surface area contributed by atoms with Crippen LogP contribution < -0.4 is 10.6 Å². The van der Waals surface area contributed by atoms with Gasteiger partial charge < -0.3 is 10.6 Å². The Bertz CT molecular complexity index is 233. The molecular formula is C16H33ClN2O. The van der Waals surface area contributed by atoms with Crippen molar-refractivity contribution in [3.05, 3.63) is 0 Å². The Morgan fingerprint density at radius 1 is 1.00 bits per heavy atom. The molecule has 0 bridgehead atoms. The number of halogens is 1. The quantitative estimate of drug-likeness (QED) is 0.538. The molecule has 0 aromatic heterocycles. The van der Waals surface area contributed by atoms with E-state index in [0.29, 0.717) is 0 Å². The Morgan fingerprint density at radius 2 is 1.50 bits per heavy atom. The van der Waals surface area contributed by atoms with Gasteiger partial charge in [0.2, 0.25) is 5.91 Å². The second-order valence-corrected chi connectivity index (χ2v) is 5.77. The topological polar surface area (TPSA) is 41.1 Å². The molecule has 1 aliphatic heterocycles. The smallest absolute Gasteiger partial charge is 0.237 e. The highest BCUT2D eigenvalue weighted by atomic mass is 35.5. The standard InChI is InChI=1S/C16H32N2O.ClH/c1-2-3-4-5-6-7-8-9-10-11-13-18-16(19)15-12-14-17-15;/h15,17H,2-14H2,1H3,(H,18,19);1H/t15-;/m0./s1. The summed E-state index contributed by atoms with van der Waals surface area (Å²) in [5, 5.41) is 6.13. The molecule has 0 aromatic carbocycles. The predicted molar refractivity (Wildman–Crippen MR) is 88.5 cm³/mol. The van der Waals surface area contributed by atoms with Crippen LogP contribution in [0.3, 0.4) is 0 Å². The molecule has 120 valence electrons. The number of rotatable bonds is 12. The van der Waals surface area contributed by atoms with Gasteiger partial charge in [0.25, 0.3) is 0 Å². The minimum absolute atomic E-state index is 0. The third-order valence-corrected chi connectivity index (χ3v) is 3.97. The van der Waals surface area contributed by atoms with Gasteiger partial charge in [-0.25, -0.2) is 0 Å². The maximum absolute atomic E-state index is 11.5. The predicted octanol–water partition coefficient (Wildman–Crippen LogP) is 3.81. The van der Waals surface area contributed by atoms with E-state index in [1.165, 1.54) is 57.8 Å². The van der Waals surface area contributed by atoms with Crippen molar-refractivity contribution in [1.29, 1.82) is 0 Å².